The van der Waals surface area contributed by atoms with Gasteiger partial charge in [-0.15, -0.1) is 0 Å². The van der Waals surface area contributed by atoms with E-state index >= 15 is 0 Å². The summed E-state index contributed by atoms with van der Waals surface area (Å²) in [7, 11) is 1.58. The number of rotatable bonds is 5. The van der Waals surface area contributed by atoms with E-state index < -0.39 is 29.7 Å². The first-order valence-electron chi connectivity index (χ1n) is 9.15. The van der Waals surface area contributed by atoms with E-state index in [1.807, 2.05) is 42.5 Å². The number of benzene rings is 2. The second-order valence-corrected chi connectivity index (χ2v) is 7.62. The van der Waals surface area contributed by atoms with Crippen LogP contribution in [0.25, 0.3) is 0 Å². The van der Waals surface area contributed by atoms with Crippen LogP contribution in [-0.2, 0) is 20.9 Å². The zero-order chi connectivity index (χ0) is 20.3. The SMILES string of the molecule is COc1ccc([C@H]2[C@@H](OCc3ccccc3)C(=O)N2C(=O)OC(C)(C)C)cc1. The number of nitrogens with zero attached hydrogens (tertiary/aromatic N) is 1. The Kier molecular flexibility index (Phi) is 5.70. The third-order valence-electron chi connectivity index (χ3n) is 4.37. The molecule has 2 atom stereocenters. The predicted molar refractivity (Wildman–Crippen MR) is 104 cm³/mol. The first kappa shape index (κ1) is 19.9. The predicted octanol–water partition coefficient (Wildman–Crippen LogP) is 4.10. The second-order valence-electron chi connectivity index (χ2n) is 7.62. The number of carbonyl (C=O) groups is 2. The minimum absolute atomic E-state index is 0.284. The molecule has 3 rings (SSSR count). The Labute approximate surface area is 165 Å². The van der Waals surface area contributed by atoms with E-state index in [2.05, 4.69) is 0 Å². The van der Waals surface area contributed by atoms with Gasteiger partial charge in [0.05, 0.1) is 13.7 Å². The monoisotopic (exact) mass is 383 g/mol. The van der Waals surface area contributed by atoms with Crippen molar-refractivity contribution in [2.24, 2.45) is 0 Å². The van der Waals surface area contributed by atoms with Gasteiger partial charge in [-0.25, -0.2) is 9.69 Å². The average Bonchev–Trinajstić information content (AvgIpc) is 2.65. The molecule has 6 heteroatoms. The molecule has 0 saturated carbocycles. The summed E-state index contributed by atoms with van der Waals surface area (Å²) in [5.41, 5.74) is 1.04. The Hall–Kier alpha value is -2.86. The maximum Gasteiger partial charge on any atom is 0.417 e. The van der Waals surface area contributed by atoms with Crippen molar-refractivity contribution >= 4 is 12.0 Å². The highest BCUT2D eigenvalue weighted by atomic mass is 16.6. The van der Waals surface area contributed by atoms with Crippen LogP contribution < -0.4 is 4.74 Å². The maximum absolute atomic E-state index is 12.7. The standard InChI is InChI=1S/C22H25NO5/c1-22(2,3)28-21(25)23-18(16-10-12-17(26-4)13-11-16)19(20(23)24)27-14-15-8-6-5-7-9-15/h5-13,18-19H,14H2,1-4H3/t18-,19+/m0/s1. The quantitative estimate of drug-likeness (QED) is 0.728. The fourth-order valence-electron chi connectivity index (χ4n) is 3.02. The fraction of sp³-hybridized carbons (Fsp3) is 0.364. The number of likely N-dealkylation sites (tertiary alicyclic amines) is 1. The van der Waals surface area contributed by atoms with Gasteiger partial charge in [-0.05, 0) is 44.0 Å². The molecule has 28 heavy (non-hydrogen) atoms. The summed E-state index contributed by atoms with van der Waals surface area (Å²) in [5.74, 6) is 0.297. The molecule has 0 bridgehead atoms. The summed E-state index contributed by atoms with van der Waals surface area (Å²) in [6.45, 7) is 5.58. The van der Waals surface area contributed by atoms with Gasteiger partial charge in [0.2, 0.25) is 0 Å². The van der Waals surface area contributed by atoms with Crippen molar-refractivity contribution in [3.8, 4) is 5.75 Å². The molecule has 0 N–H and O–H groups in total. The van der Waals surface area contributed by atoms with Crippen molar-refractivity contribution < 1.29 is 23.8 Å². The van der Waals surface area contributed by atoms with Gasteiger partial charge < -0.3 is 14.2 Å². The van der Waals surface area contributed by atoms with E-state index in [-0.39, 0.29) is 6.61 Å². The van der Waals surface area contributed by atoms with E-state index in [1.165, 1.54) is 0 Å². The molecule has 0 aliphatic carbocycles. The highest BCUT2D eigenvalue weighted by Crippen LogP contribution is 2.39. The Morgan fingerprint density at radius 1 is 1.04 bits per heavy atom. The maximum atomic E-state index is 12.7. The number of β-lactam (4-membered cyclic amide) rings is 1. The van der Waals surface area contributed by atoms with Crippen LogP contribution in [0.4, 0.5) is 4.79 Å². The molecular weight excluding hydrogens is 358 g/mol. The summed E-state index contributed by atoms with van der Waals surface area (Å²) in [4.78, 5) is 26.4. The number of carbonyl (C=O) groups excluding carboxylic acids is 2. The minimum atomic E-state index is -0.749. The number of methoxy groups -OCH3 is 1. The van der Waals surface area contributed by atoms with Gasteiger partial charge in [-0.3, -0.25) is 4.79 Å². The number of imide groups is 1. The number of amides is 2. The molecular formula is C22H25NO5. The highest BCUT2D eigenvalue weighted by molar-refractivity contribution is 6.01. The van der Waals surface area contributed by atoms with E-state index in [0.29, 0.717) is 5.75 Å². The smallest absolute Gasteiger partial charge is 0.417 e. The van der Waals surface area contributed by atoms with Gasteiger partial charge in [0.25, 0.3) is 5.91 Å². The van der Waals surface area contributed by atoms with Crippen molar-refractivity contribution in [2.75, 3.05) is 7.11 Å². The van der Waals surface area contributed by atoms with Gasteiger partial charge in [-0.2, -0.15) is 0 Å². The van der Waals surface area contributed by atoms with Crippen LogP contribution in [-0.4, -0.2) is 35.7 Å². The second kappa shape index (κ2) is 8.02. The molecule has 1 aliphatic heterocycles. The molecule has 148 valence electrons. The lowest BCUT2D eigenvalue weighted by molar-refractivity contribution is -0.173. The van der Waals surface area contributed by atoms with Crippen molar-refractivity contribution in [3.05, 3.63) is 65.7 Å². The van der Waals surface area contributed by atoms with Crippen LogP contribution in [0, 0.1) is 0 Å². The lowest BCUT2D eigenvalue weighted by atomic mass is 9.91. The zero-order valence-electron chi connectivity index (χ0n) is 16.5. The summed E-state index contributed by atoms with van der Waals surface area (Å²) < 4.78 is 16.5. The fourth-order valence-corrected chi connectivity index (χ4v) is 3.02. The molecule has 0 spiro atoms. The third kappa shape index (κ3) is 4.34. The largest absolute Gasteiger partial charge is 0.497 e. The lowest BCUT2D eigenvalue weighted by Crippen LogP contribution is -2.62. The van der Waals surface area contributed by atoms with Gasteiger partial charge in [0, 0.05) is 0 Å². The number of ether oxygens (including phenoxy) is 3. The number of hydrogen-bond acceptors (Lipinski definition) is 5. The molecule has 2 amide bonds. The summed E-state index contributed by atoms with van der Waals surface area (Å²) in [6, 6.07) is 16.3. The summed E-state index contributed by atoms with van der Waals surface area (Å²) in [5, 5.41) is 0. The number of hydrogen-bond donors (Lipinski definition) is 0. The van der Waals surface area contributed by atoms with E-state index in [4.69, 9.17) is 14.2 Å². The van der Waals surface area contributed by atoms with Crippen LogP contribution >= 0.6 is 0 Å². The Morgan fingerprint density at radius 3 is 2.25 bits per heavy atom. The van der Waals surface area contributed by atoms with Gasteiger partial charge in [0.1, 0.15) is 17.4 Å². The van der Waals surface area contributed by atoms with Crippen LogP contribution in [0.15, 0.2) is 54.6 Å². The van der Waals surface area contributed by atoms with Crippen LogP contribution in [0.1, 0.15) is 37.9 Å². The molecule has 1 aliphatic rings. The molecule has 0 radical (unpaired) electrons. The van der Waals surface area contributed by atoms with E-state index in [1.54, 1.807) is 40.0 Å². The van der Waals surface area contributed by atoms with E-state index in [9.17, 15) is 9.59 Å². The summed E-state index contributed by atoms with van der Waals surface area (Å²) in [6.07, 6.45) is -1.42. The molecule has 1 heterocycles. The van der Waals surface area contributed by atoms with Crippen molar-refractivity contribution in [2.45, 2.75) is 45.1 Å². The molecule has 2 aromatic carbocycles. The Morgan fingerprint density at radius 2 is 1.68 bits per heavy atom. The van der Waals surface area contributed by atoms with Gasteiger partial charge in [0.15, 0.2) is 6.10 Å². The zero-order valence-corrected chi connectivity index (χ0v) is 16.5. The average molecular weight is 383 g/mol. The lowest BCUT2D eigenvalue weighted by Gasteiger charge is -2.45. The Bertz CT molecular complexity index is 826. The van der Waals surface area contributed by atoms with Crippen LogP contribution in [0.3, 0.4) is 0 Å². The molecule has 6 nitrogen and oxygen atoms in total. The van der Waals surface area contributed by atoms with E-state index in [0.717, 1.165) is 16.0 Å². The van der Waals surface area contributed by atoms with Crippen LogP contribution in [0.5, 0.6) is 5.75 Å². The van der Waals surface area contributed by atoms with Crippen molar-refractivity contribution in [1.29, 1.82) is 0 Å². The summed E-state index contributed by atoms with van der Waals surface area (Å²) >= 11 is 0. The molecule has 1 fully saturated rings. The highest BCUT2D eigenvalue weighted by Gasteiger charge is 2.53. The minimum Gasteiger partial charge on any atom is -0.497 e. The van der Waals surface area contributed by atoms with Gasteiger partial charge >= 0.3 is 6.09 Å². The molecule has 0 unspecified atom stereocenters. The molecule has 1 saturated heterocycles. The molecule has 2 aromatic rings. The first-order valence-corrected chi connectivity index (χ1v) is 9.15. The third-order valence-corrected chi connectivity index (χ3v) is 4.37. The van der Waals surface area contributed by atoms with Crippen molar-refractivity contribution in [1.82, 2.24) is 4.90 Å². The van der Waals surface area contributed by atoms with Crippen molar-refractivity contribution in [3.63, 3.8) is 0 Å². The topological polar surface area (TPSA) is 65.1 Å². The normalized spacial score (nSPS) is 19.1. The molecule has 0 aromatic heterocycles. The Balaban J connectivity index is 1.81. The van der Waals surface area contributed by atoms with Gasteiger partial charge in [-0.1, -0.05) is 42.5 Å². The first-order chi connectivity index (χ1) is 13.3. The van der Waals surface area contributed by atoms with Crippen LogP contribution in [0.2, 0.25) is 0 Å².